The van der Waals surface area contributed by atoms with Crippen molar-refractivity contribution >= 4 is 16.8 Å². The lowest BCUT2D eigenvalue weighted by Crippen LogP contribution is -2.48. The third-order valence-electron chi connectivity index (χ3n) is 5.02. The van der Waals surface area contributed by atoms with Gasteiger partial charge in [0.15, 0.2) is 17.3 Å². The van der Waals surface area contributed by atoms with Gasteiger partial charge in [0, 0.05) is 32.2 Å². The predicted octanol–water partition coefficient (Wildman–Crippen LogP) is 1.49. The van der Waals surface area contributed by atoms with Crippen LogP contribution in [0.3, 0.4) is 0 Å². The molecule has 29 heavy (non-hydrogen) atoms. The molecule has 1 aliphatic rings. The highest BCUT2D eigenvalue weighted by molar-refractivity contribution is 5.91. The van der Waals surface area contributed by atoms with Crippen molar-refractivity contribution in [1.29, 1.82) is 0 Å². The highest BCUT2D eigenvalue weighted by atomic mass is 16.5. The molecule has 0 atom stereocenters. The molecule has 0 bridgehead atoms. The summed E-state index contributed by atoms with van der Waals surface area (Å²) in [6.07, 6.45) is 1.50. The molecule has 1 amide bonds. The Balaban J connectivity index is 1.47. The summed E-state index contributed by atoms with van der Waals surface area (Å²) in [5.41, 5.74) is 0.325. The first kappa shape index (κ1) is 19.0. The van der Waals surface area contributed by atoms with Gasteiger partial charge in [-0.1, -0.05) is 0 Å². The number of carbonyl (C=O) groups excluding carboxylic acids is 1. The number of aromatic amines is 1. The van der Waals surface area contributed by atoms with E-state index in [9.17, 15) is 9.59 Å². The summed E-state index contributed by atoms with van der Waals surface area (Å²) in [6.45, 7) is 3.02. The van der Waals surface area contributed by atoms with Gasteiger partial charge in [0.25, 0.3) is 11.5 Å². The number of hydrogen-bond acceptors (Lipinski definition) is 7. The Kier molecular flexibility index (Phi) is 5.22. The van der Waals surface area contributed by atoms with E-state index in [0.29, 0.717) is 66.7 Å². The number of hydrogen-bond donors (Lipinski definition) is 1. The van der Waals surface area contributed by atoms with Gasteiger partial charge < -0.3 is 23.8 Å². The van der Waals surface area contributed by atoms with Gasteiger partial charge in [0.05, 0.1) is 37.9 Å². The number of nitrogens with one attached hydrogen (secondary N) is 1. The van der Waals surface area contributed by atoms with Crippen molar-refractivity contribution in [3.05, 3.63) is 52.5 Å². The number of ether oxygens (including phenoxy) is 2. The second-order valence-corrected chi connectivity index (χ2v) is 6.78. The number of H-pyrrole nitrogens is 1. The van der Waals surface area contributed by atoms with E-state index in [2.05, 4.69) is 14.9 Å². The lowest BCUT2D eigenvalue weighted by atomic mass is 10.2. The maximum Gasteiger partial charge on any atom is 0.289 e. The van der Waals surface area contributed by atoms with Gasteiger partial charge in [-0.05, 0) is 18.2 Å². The molecule has 1 saturated heterocycles. The smallest absolute Gasteiger partial charge is 0.289 e. The molecule has 1 aliphatic heterocycles. The summed E-state index contributed by atoms with van der Waals surface area (Å²) < 4.78 is 15.7. The first-order valence-corrected chi connectivity index (χ1v) is 9.29. The van der Waals surface area contributed by atoms with Crippen LogP contribution in [-0.4, -0.2) is 66.1 Å². The molecule has 4 rings (SSSR count). The molecule has 0 unspecified atom stereocenters. The zero-order valence-electron chi connectivity index (χ0n) is 16.3. The number of carbonyl (C=O) groups is 1. The quantitative estimate of drug-likeness (QED) is 0.695. The van der Waals surface area contributed by atoms with Gasteiger partial charge in [0.1, 0.15) is 5.82 Å². The Bertz CT molecular complexity index is 1070. The van der Waals surface area contributed by atoms with Gasteiger partial charge in [-0.3, -0.25) is 14.5 Å². The minimum Gasteiger partial charge on any atom is -0.493 e. The Hall–Kier alpha value is -3.33. The van der Waals surface area contributed by atoms with Crippen molar-refractivity contribution in [3.8, 4) is 11.5 Å². The monoisotopic (exact) mass is 398 g/mol. The Labute approximate surface area is 166 Å². The van der Waals surface area contributed by atoms with E-state index in [1.165, 1.54) is 13.4 Å². The van der Waals surface area contributed by atoms with Crippen molar-refractivity contribution in [1.82, 2.24) is 19.8 Å². The topological polar surface area (TPSA) is 101 Å². The number of piperazine rings is 1. The van der Waals surface area contributed by atoms with Crippen LogP contribution in [0.5, 0.6) is 11.5 Å². The molecular formula is C20H22N4O5. The Morgan fingerprint density at radius 3 is 2.55 bits per heavy atom. The zero-order valence-corrected chi connectivity index (χ0v) is 16.3. The maximum atomic E-state index is 12.5. The van der Waals surface area contributed by atoms with Crippen LogP contribution in [0.2, 0.25) is 0 Å². The molecule has 9 heteroatoms. The second kappa shape index (κ2) is 7.96. The van der Waals surface area contributed by atoms with Crippen LogP contribution in [0, 0.1) is 0 Å². The molecular weight excluding hydrogens is 376 g/mol. The van der Waals surface area contributed by atoms with Gasteiger partial charge >= 0.3 is 0 Å². The van der Waals surface area contributed by atoms with E-state index in [1.807, 2.05) is 0 Å². The van der Waals surface area contributed by atoms with Crippen LogP contribution in [0.25, 0.3) is 10.9 Å². The number of methoxy groups -OCH3 is 2. The largest absolute Gasteiger partial charge is 0.493 e. The normalized spacial score (nSPS) is 14.9. The zero-order chi connectivity index (χ0) is 20.4. The molecule has 9 nitrogen and oxygen atoms in total. The molecule has 1 aromatic carbocycles. The van der Waals surface area contributed by atoms with Crippen molar-refractivity contribution in [2.75, 3.05) is 40.4 Å². The average molecular weight is 398 g/mol. The highest BCUT2D eigenvalue weighted by Crippen LogP contribution is 2.30. The molecule has 152 valence electrons. The van der Waals surface area contributed by atoms with Gasteiger partial charge in [0.2, 0.25) is 0 Å². The average Bonchev–Trinajstić information content (AvgIpc) is 3.28. The maximum absolute atomic E-state index is 12.5. The molecule has 0 radical (unpaired) electrons. The number of benzene rings is 1. The van der Waals surface area contributed by atoms with Crippen LogP contribution in [0.1, 0.15) is 16.4 Å². The lowest BCUT2D eigenvalue weighted by Gasteiger charge is -2.33. The molecule has 2 aromatic heterocycles. The number of rotatable bonds is 5. The van der Waals surface area contributed by atoms with E-state index in [-0.39, 0.29) is 11.5 Å². The van der Waals surface area contributed by atoms with Crippen LogP contribution in [0.15, 0.2) is 39.7 Å². The van der Waals surface area contributed by atoms with E-state index < -0.39 is 0 Å². The number of furan rings is 1. The van der Waals surface area contributed by atoms with Gasteiger partial charge in [-0.2, -0.15) is 0 Å². The number of aromatic nitrogens is 2. The van der Waals surface area contributed by atoms with Crippen molar-refractivity contribution in [3.63, 3.8) is 0 Å². The number of amides is 1. The van der Waals surface area contributed by atoms with Crippen molar-refractivity contribution in [2.45, 2.75) is 6.54 Å². The minimum absolute atomic E-state index is 0.104. The van der Waals surface area contributed by atoms with E-state index in [4.69, 9.17) is 13.9 Å². The third-order valence-corrected chi connectivity index (χ3v) is 5.02. The first-order valence-electron chi connectivity index (χ1n) is 9.29. The second-order valence-electron chi connectivity index (χ2n) is 6.78. The number of fused-ring (bicyclic) bond motifs is 1. The van der Waals surface area contributed by atoms with Crippen LogP contribution >= 0.6 is 0 Å². The van der Waals surface area contributed by atoms with Crippen molar-refractivity contribution in [2.24, 2.45) is 0 Å². The van der Waals surface area contributed by atoms with Crippen LogP contribution in [0.4, 0.5) is 0 Å². The standard InChI is InChI=1S/C20H22N4O5/c1-27-16-10-13-14(11-17(16)28-2)21-18(22-19(13)25)12-23-5-7-24(8-6-23)20(26)15-4-3-9-29-15/h3-4,9-11H,5-8,12H2,1-2H3,(H,21,22,25). The summed E-state index contributed by atoms with van der Waals surface area (Å²) in [5.74, 6) is 1.82. The summed E-state index contributed by atoms with van der Waals surface area (Å²) in [6, 6.07) is 6.70. The highest BCUT2D eigenvalue weighted by Gasteiger charge is 2.24. The first-order chi connectivity index (χ1) is 14.1. The summed E-state index contributed by atoms with van der Waals surface area (Å²) in [7, 11) is 3.07. The van der Waals surface area contributed by atoms with Crippen LogP contribution < -0.4 is 15.0 Å². The summed E-state index contributed by atoms with van der Waals surface area (Å²) in [4.78, 5) is 36.2. The molecule has 0 aliphatic carbocycles. The molecule has 0 saturated carbocycles. The Morgan fingerprint density at radius 1 is 1.17 bits per heavy atom. The molecule has 0 spiro atoms. The Morgan fingerprint density at radius 2 is 1.90 bits per heavy atom. The fourth-order valence-corrected chi connectivity index (χ4v) is 3.47. The number of nitrogens with zero attached hydrogens (tertiary/aromatic N) is 3. The SMILES string of the molecule is COc1cc2nc(CN3CCN(C(=O)c4ccco4)CC3)[nH]c(=O)c2cc1OC. The van der Waals surface area contributed by atoms with Gasteiger partial charge in [-0.15, -0.1) is 0 Å². The van der Waals surface area contributed by atoms with E-state index >= 15 is 0 Å². The molecule has 3 heterocycles. The minimum atomic E-state index is -0.224. The summed E-state index contributed by atoms with van der Waals surface area (Å²) in [5, 5.41) is 0.445. The van der Waals surface area contributed by atoms with Crippen molar-refractivity contribution < 1.29 is 18.7 Å². The molecule has 3 aromatic rings. The third kappa shape index (κ3) is 3.81. The van der Waals surface area contributed by atoms with Crippen LogP contribution in [-0.2, 0) is 6.54 Å². The fourth-order valence-electron chi connectivity index (χ4n) is 3.47. The fraction of sp³-hybridized carbons (Fsp3) is 0.350. The molecule has 1 fully saturated rings. The van der Waals surface area contributed by atoms with E-state index in [0.717, 1.165) is 0 Å². The summed E-state index contributed by atoms with van der Waals surface area (Å²) >= 11 is 0. The predicted molar refractivity (Wildman–Crippen MR) is 105 cm³/mol. The van der Waals surface area contributed by atoms with E-state index in [1.54, 1.807) is 36.3 Å². The van der Waals surface area contributed by atoms with Gasteiger partial charge in [-0.25, -0.2) is 4.98 Å². The molecule has 1 N–H and O–H groups in total. The lowest BCUT2D eigenvalue weighted by molar-refractivity contribution is 0.0595.